The quantitative estimate of drug-likeness (QED) is 0.681. The van der Waals surface area contributed by atoms with Gasteiger partial charge in [0.1, 0.15) is 0 Å². The zero-order chi connectivity index (χ0) is 11.2. The third-order valence-corrected chi connectivity index (χ3v) is 4.46. The highest BCUT2D eigenvalue weighted by atomic mass is 15.1. The number of nitrogens with one attached hydrogen (secondary N) is 3. The normalized spacial score (nSPS) is 34.5. The van der Waals surface area contributed by atoms with Gasteiger partial charge in [0, 0.05) is 36.9 Å². The van der Waals surface area contributed by atoms with Crippen LogP contribution in [0.3, 0.4) is 0 Å². The predicted molar refractivity (Wildman–Crippen MR) is 69.3 cm³/mol. The molecule has 3 aliphatic rings. The lowest BCUT2D eigenvalue weighted by atomic mass is 9.95. The van der Waals surface area contributed by atoms with Gasteiger partial charge in [0.25, 0.3) is 0 Å². The maximum absolute atomic E-state index is 3.73. The van der Waals surface area contributed by atoms with Gasteiger partial charge >= 0.3 is 0 Å². The first-order chi connectivity index (χ1) is 8.40. The second-order valence-electron chi connectivity index (χ2n) is 5.53. The van der Waals surface area contributed by atoms with Gasteiger partial charge in [-0.25, -0.2) is 0 Å². The Morgan fingerprint density at radius 2 is 2.18 bits per heavy atom. The Morgan fingerprint density at radius 1 is 1.18 bits per heavy atom. The molecule has 0 spiro atoms. The third kappa shape index (κ3) is 1.57. The molecule has 2 fully saturated rings. The molecule has 3 heteroatoms. The van der Waals surface area contributed by atoms with Gasteiger partial charge in [-0.3, -0.25) is 0 Å². The van der Waals surface area contributed by atoms with Gasteiger partial charge in [0.2, 0.25) is 0 Å². The molecule has 3 N–H and O–H groups in total. The standard InChI is InChI=1S/C14H19N3/c1-3-12-9(5-6-15-12)7-10(1)14-13-4-2-11(17-13)8-16-14/h1,3,7,11,13-17H,2,4-6,8H2. The average molecular weight is 229 g/mol. The summed E-state index contributed by atoms with van der Waals surface area (Å²) in [4.78, 5) is 0. The van der Waals surface area contributed by atoms with Crippen LogP contribution in [0.2, 0.25) is 0 Å². The molecular weight excluding hydrogens is 210 g/mol. The van der Waals surface area contributed by atoms with Gasteiger partial charge in [-0.05, 0) is 36.5 Å². The summed E-state index contributed by atoms with van der Waals surface area (Å²) in [6.07, 6.45) is 3.83. The van der Waals surface area contributed by atoms with Gasteiger partial charge in [-0.15, -0.1) is 0 Å². The molecule has 3 heterocycles. The lowest BCUT2D eigenvalue weighted by Crippen LogP contribution is -2.50. The number of benzene rings is 1. The topological polar surface area (TPSA) is 36.1 Å². The Labute approximate surface area is 102 Å². The van der Waals surface area contributed by atoms with Crippen LogP contribution in [0.25, 0.3) is 0 Å². The molecule has 3 atom stereocenters. The molecule has 1 aromatic rings. The number of anilines is 1. The number of fused-ring (bicyclic) bond motifs is 3. The Hall–Kier alpha value is -1.06. The molecular formula is C14H19N3. The van der Waals surface area contributed by atoms with Crippen LogP contribution in [0.15, 0.2) is 18.2 Å². The second kappa shape index (κ2) is 3.72. The van der Waals surface area contributed by atoms with Crippen LogP contribution in [0.1, 0.15) is 30.0 Å². The van der Waals surface area contributed by atoms with E-state index < -0.39 is 0 Å². The van der Waals surface area contributed by atoms with Crippen molar-refractivity contribution < 1.29 is 0 Å². The van der Waals surface area contributed by atoms with Crippen molar-refractivity contribution in [2.24, 2.45) is 0 Å². The highest BCUT2D eigenvalue weighted by Gasteiger charge is 2.35. The minimum atomic E-state index is 0.514. The highest BCUT2D eigenvalue weighted by Crippen LogP contribution is 2.32. The number of hydrogen-bond donors (Lipinski definition) is 3. The lowest BCUT2D eigenvalue weighted by Gasteiger charge is -2.32. The van der Waals surface area contributed by atoms with Crippen molar-refractivity contribution in [3.8, 4) is 0 Å². The van der Waals surface area contributed by atoms with Crippen molar-refractivity contribution in [3.05, 3.63) is 29.3 Å². The van der Waals surface area contributed by atoms with E-state index in [0.717, 1.165) is 13.1 Å². The van der Waals surface area contributed by atoms with Gasteiger partial charge in [-0.1, -0.05) is 12.1 Å². The van der Waals surface area contributed by atoms with Crippen LogP contribution in [-0.2, 0) is 6.42 Å². The van der Waals surface area contributed by atoms with Crippen LogP contribution in [-0.4, -0.2) is 25.2 Å². The Morgan fingerprint density at radius 3 is 3.18 bits per heavy atom. The van der Waals surface area contributed by atoms with Crippen LogP contribution in [0, 0.1) is 0 Å². The van der Waals surface area contributed by atoms with Crippen LogP contribution >= 0.6 is 0 Å². The summed E-state index contributed by atoms with van der Waals surface area (Å²) < 4.78 is 0. The van der Waals surface area contributed by atoms with Gasteiger partial charge in [-0.2, -0.15) is 0 Å². The van der Waals surface area contributed by atoms with Crippen LogP contribution < -0.4 is 16.0 Å². The molecule has 3 aliphatic heterocycles. The summed E-state index contributed by atoms with van der Waals surface area (Å²) in [7, 11) is 0. The Balaban J connectivity index is 1.65. The minimum Gasteiger partial charge on any atom is -0.384 e. The van der Waals surface area contributed by atoms with E-state index in [-0.39, 0.29) is 0 Å². The largest absolute Gasteiger partial charge is 0.384 e. The summed E-state index contributed by atoms with van der Waals surface area (Å²) in [5.41, 5.74) is 4.29. The van der Waals surface area contributed by atoms with Crippen LogP contribution in [0.4, 0.5) is 5.69 Å². The molecule has 0 aliphatic carbocycles. The fourth-order valence-electron chi connectivity index (χ4n) is 3.55. The van der Waals surface area contributed by atoms with E-state index in [9.17, 15) is 0 Å². The minimum absolute atomic E-state index is 0.514. The zero-order valence-corrected chi connectivity index (χ0v) is 10.00. The first-order valence-corrected chi connectivity index (χ1v) is 6.76. The second-order valence-corrected chi connectivity index (χ2v) is 5.53. The first-order valence-electron chi connectivity index (χ1n) is 6.76. The number of piperazine rings is 1. The fraction of sp³-hybridized carbons (Fsp3) is 0.571. The summed E-state index contributed by atoms with van der Waals surface area (Å²) in [5, 5.41) is 10.9. The molecule has 2 saturated heterocycles. The molecule has 3 unspecified atom stereocenters. The van der Waals surface area contributed by atoms with Crippen LogP contribution in [0.5, 0.6) is 0 Å². The number of rotatable bonds is 1. The van der Waals surface area contributed by atoms with E-state index in [4.69, 9.17) is 0 Å². The zero-order valence-electron chi connectivity index (χ0n) is 10.00. The summed E-state index contributed by atoms with van der Waals surface area (Å²) >= 11 is 0. The SMILES string of the molecule is c1cc2c(cc1C1NCC3CCC1N3)CCN2. The molecule has 0 radical (unpaired) electrons. The fourth-order valence-corrected chi connectivity index (χ4v) is 3.55. The Bertz CT molecular complexity index is 443. The van der Waals surface area contributed by atoms with Crippen molar-refractivity contribution in [3.63, 3.8) is 0 Å². The summed E-state index contributed by atoms with van der Waals surface area (Å²) in [5.74, 6) is 0. The molecule has 0 saturated carbocycles. The monoisotopic (exact) mass is 229 g/mol. The molecule has 0 aromatic heterocycles. The maximum Gasteiger partial charge on any atom is 0.0476 e. The molecule has 2 bridgehead atoms. The van der Waals surface area contributed by atoms with E-state index in [2.05, 4.69) is 34.1 Å². The molecule has 3 nitrogen and oxygen atoms in total. The summed E-state index contributed by atoms with van der Waals surface area (Å²) in [6, 6.07) is 8.80. The summed E-state index contributed by atoms with van der Waals surface area (Å²) in [6.45, 7) is 2.22. The smallest absolute Gasteiger partial charge is 0.0476 e. The van der Waals surface area contributed by atoms with E-state index in [1.165, 1.54) is 36.1 Å². The predicted octanol–water partition coefficient (Wildman–Crippen LogP) is 1.42. The lowest BCUT2D eigenvalue weighted by molar-refractivity contribution is 0.337. The van der Waals surface area contributed by atoms with Crippen molar-refractivity contribution in [2.75, 3.05) is 18.4 Å². The highest BCUT2D eigenvalue weighted by molar-refractivity contribution is 5.57. The maximum atomic E-state index is 3.73. The number of hydrogen-bond acceptors (Lipinski definition) is 3. The van der Waals surface area contributed by atoms with Gasteiger partial charge in [0.05, 0.1) is 0 Å². The van der Waals surface area contributed by atoms with Crippen molar-refractivity contribution >= 4 is 5.69 Å². The van der Waals surface area contributed by atoms with E-state index in [1.807, 2.05) is 0 Å². The van der Waals surface area contributed by atoms with Crippen molar-refractivity contribution in [1.29, 1.82) is 0 Å². The van der Waals surface area contributed by atoms with E-state index in [0.29, 0.717) is 18.1 Å². The third-order valence-electron chi connectivity index (χ3n) is 4.46. The van der Waals surface area contributed by atoms with Gasteiger partial charge in [0.15, 0.2) is 0 Å². The molecule has 17 heavy (non-hydrogen) atoms. The molecule has 4 rings (SSSR count). The van der Waals surface area contributed by atoms with E-state index >= 15 is 0 Å². The van der Waals surface area contributed by atoms with Crippen molar-refractivity contribution in [1.82, 2.24) is 10.6 Å². The van der Waals surface area contributed by atoms with Crippen molar-refractivity contribution in [2.45, 2.75) is 37.4 Å². The Kier molecular flexibility index (Phi) is 2.17. The first kappa shape index (κ1) is 9.92. The molecule has 1 aromatic carbocycles. The average Bonchev–Trinajstić information content (AvgIpc) is 2.96. The van der Waals surface area contributed by atoms with Gasteiger partial charge < -0.3 is 16.0 Å². The molecule has 90 valence electrons. The molecule has 0 amide bonds. The van der Waals surface area contributed by atoms with E-state index in [1.54, 1.807) is 0 Å².